The molecule has 2 N–H and O–H groups in total. The number of nitrogens with one attached hydrogen (secondary N) is 1. The molecule has 0 saturated carbocycles. The smallest absolute Gasteiger partial charge is 0.138 e. The number of ether oxygens (including phenoxy) is 1. The first-order chi connectivity index (χ1) is 13.1. The summed E-state index contributed by atoms with van der Waals surface area (Å²) in [6.07, 6.45) is 2.04. The Morgan fingerprint density at radius 1 is 1.19 bits per heavy atom. The zero-order valence-corrected chi connectivity index (χ0v) is 16.9. The van der Waals surface area contributed by atoms with E-state index in [9.17, 15) is 5.11 Å². The minimum Gasteiger partial charge on any atom is -0.492 e. The summed E-state index contributed by atoms with van der Waals surface area (Å²) in [7, 11) is 0. The number of anilines is 1. The third kappa shape index (κ3) is 5.26. The lowest BCUT2D eigenvalue weighted by atomic mass is 10.0. The van der Waals surface area contributed by atoms with Gasteiger partial charge >= 0.3 is 0 Å². The Bertz CT molecular complexity index is 767. The van der Waals surface area contributed by atoms with Gasteiger partial charge in [-0.2, -0.15) is 0 Å². The first kappa shape index (κ1) is 20.2. The number of nitrogens with zero attached hydrogens (tertiary/aromatic N) is 2. The molecular formula is C20H25Cl2N3O2. The minimum atomic E-state index is -0.0647. The van der Waals surface area contributed by atoms with Gasteiger partial charge in [-0.3, -0.25) is 0 Å². The van der Waals surface area contributed by atoms with Crippen molar-refractivity contribution >= 4 is 29.0 Å². The highest BCUT2D eigenvalue weighted by molar-refractivity contribution is 6.32. The van der Waals surface area contributed by atoms with Crippen molar-refractivity contribution in [1.82, 2.24) is 10.3 Å². The number of hydrogen-bond donors (Lipinski definition) is 2. The lowest BCUT2D eigenvalue weighted by Crippen LogP contribution is -2.43. The van der Waals surface area contributed by atoms with Gasteiger partial charge in [0.05, 0.1) is 18.2 Å². The number of benzene rings is 1. The molecule has 2 heterocycles. The van der Waals surface area contributed by atoms with E-state index in [4.69, 9.17) is 27.9 Å². The van der Waals surface area contributed by atoms with Gasteiger partial charge in [-0.1, -0.05) is 29.3 Å². The van der Waals surface area contributed by atoms with Crippen LogP contribution in [0, 0.1) is 0 Å². The van der Waals surface area contributed by atoms with Crippen LogP contribution in [0.5, 0.6) is 5.75 Å². The molecule has 0 amide bonds. The van der Waals surface area contributed by atoms with Gasteiger partial charge in [-0.05, 0) is 68.2 Å². The second-order valence-electron chi connectivity index (χ2n) is 6.62. The molecule has 0 aliphatic carbocycles. The molecule has 1 aromatic carbocycles. The molecule has 0 bridgehead atoms. The largest absolute Gasteiger partial charge is 0.492 e. The fourth-order valence-electron chi connectivity index (χ4n) is 3.40. The molecule has 5 nitrogen and oxygen atoms in total. The highest BCUT2D eigenvalue weighted by atomic mass is 35.5. The molecule has 27 heavy (non-hydrogen) atoms. The fourth-order valence-corrected chi connectivity index (χ4v) is 3.80. The van der Waals surface area contributed by atoms with Crippen molar-refractivity contribution in [3.8, 4) is 5.75 Å². The number of rotatable bonds is 7. The summed E-state index contributed by atoms with van der Waals surface area (Å²) < 4.78 is 5.64. The second-order valence-corrected chi connectivity index (χ2v) is 7.42. The molecule has 1 fully saturated rings. The Labute approximate surface area is 170 Å². The van der Waals surface area contributed by atoms with Gasteiger partial charge in [0.2, 0.25) is 0 Å². The van der Waals surface area contributed by atoms with Crippen LogP contribution in [0.1, 0.15) is 30.9 Å². The van der Waals surface area contributed by atoms with Crippen LogP contribution in [-0.2, 0) is 13.2 Å². The molecule has 1 saturated heterocycles. The van der Waals surface area contributed by atoms with E-state index in [0.29, 0.717) is 35.1 Å². The highest BCUT2D eigenvalue weighted by Gasteiger charge is 2.23. The van der Waals surface area contributed by atoms with E-state index in [2.05, 4.69) is 15.2 Å². The standard InChI is InChI=1S/C20H25Cl2N3O2/c1-2-27-18-9-14(3-4-17(18)21)12-25(16-5-7-23-8-6-16)20-11-15(13-26)10-19(22)24-20/h3-4,9-11,16,23,26H,2,5-8,12-13H2,1H3. The Morgan fingerprint density at radius 3 is 2.67 bits per heavy atom. The average molecular weight is 410 g/mol. The summed E-state index contributed by atoms with van der Waals surface area (Å²) in [6.45, 7) is 5.05. The van der Waals surface area contributed by atoms with Crippen molar-refractivity contribution in [2.45, 2.75) is 39.0 Å². The van der Waals surface area contributed by atoms with Gasteiger partial charge in [-0.15, -0.1) is 0 Å². The van der Waals surface area contributed by atoms with E-state index < -0.39 is 0 Å². The summed E-state index contributed by atoms with van der Waals surface area (Å²) in [6, 6.07) is 9.81. The Kier molecular flexibility index (Phi) is 7.19. The third-order valence-corrected chi connectivity index (χ3v) is 5.22. The maximum Gasteiger partial charge on any atom is 0.138 e. The molecule has 1 aromatic heterocycles. The molecule has 0 radical (unpaired) electrons. The molecule has 2 aromatic rings. The van der Waals surface area contributed by atoms with Crippen LogP contribution in [-0.4, -0.2) is 35.8 Å². The van der Waals surface area contributed by atoms with Crippen molar-refractivity contribution in [3.63, 3.8) is 0 Å². The molecule has 7 heteroatoms. The van der Waals surface area contributed by atoms with Crippen molar-refractivity contribution < 1.29 is 9.84 Å². The van der Waals surface area contributed by atoms with Crippen molar-refractivity contribution in [2.75, 3.05) is 24.6 Å². The van der Waals surface area contributed by atoms with Gasteiger partial charge in [-0.25, -0.2) is 4.98 Å². The van der Waals surface area contributed by atoms with Gasteiger partial charge in [0, 0.05) is 12.6 Å². The molecule has 1 aliphatic rings. The van der Waals surface area contributed by atoms with Crippen LogP contribution in [0.2, 0.25) is 10.2 Å². The number of aliphatic hydroxyl groups is 1. The summed E-state index contributed by atoms with van der Waals surface area (Å²) in [5.74, 6) is 1.48. The molecule has 146 valence electrons. The van der Waals surface area contributed by atoms with E-state index in [1.807, 2.05) is 31.2 Å². The minimum absolute atomic E-state index is 0.0647. The van der Waals surface area contributed by atoms with E-state index in [1.54, 1.807) is 6.07 Å². The summed E-state index contributed by atoms with van der Waals surface area (Å²) >= 11 is 12.4. The lowest BCUT2D eigenvalue weighted by Gasteiger charge is -2.36. The number of halogens is 2. The van der Waals surface area contributed by atoms with Gasteiger partial charge < -0.3 is 20.1 Å². The van der Waals surface area contributed by atoms with Crippen molar-refractivity contribution in [3.05, 3.63) is 51.6 Å². The molecule has 1 aliphatic heterocycles. The monoisotopic (exact) mass is 409 g/mol. The second kappa shape index (κ2) is 9.60. The van der Waals surface area contributed by atoms with Gasteiger partial charge in [0.1, 0.15) is 16.7 Å². The third-order valence-electron chi connectivity index (χ3n) is 4.72. The molecule has 0 spiro atoms. The summed E-state index contributed by atoms with van der Waals surface area (Å²) in [5.41, 5.74) is 1.85. The topological polar surface area (TPSA) is 57.6 Å². The van der Waals surface area contributed by atoms with E-state index in [-0.39, 0.29) is 6.61 Å². The van der Waals surface area contributed by atoms with Crippen LogP contribution < -0.4 is 15.0 Å². The van der Waals surface area contributed by atoms with Crippen LogP contribution in [0.4, 0.5) is 5.82 Å². The first-order valence-corrected chi connectivity index (χ1v) is 10.0. The maximum absolute atomic E-state index is 9.55. The Hall–Kier alpha value is -1.53. The van der Waals surface area contributed by atoms with Gasteiger partial charge in [0.15, 0.2) is 0 Å². The van der Waals surface area contributed by atoms with Crippen LogP contribution in [0.25, 0.3) is 0 Å². The zero-order chi connectivity index (χ0) is 19.2. The fraction of sp³-hybridized carbons (Fsp3) is 0.450. The predicted octanol–water partition coefficient (Wildman–Crippen LogP) is 4.04. The quantitative estimate of drug-likeness (QED) is 0.675. The highest BCUT2D eigenvalue weighted by Crippen LogP contribution is 2.29. The molecule has 0 unspecified atom stereocenters. The number of piperidine rings is 1. The zero-order valence-electron chi connectivity index (χ0n) is 15.4. The van der Waals surface area contributed by atoms with E-state index in [1.165, 1.54) is 0 Å². The summed E-state index contributed by atoms with van der Waals surface area (Å²) in [5, 5.41) is 13.9. The van der Waals surface area contributed by atoms with Crippen LogP contribution in [0.3, 0.4) is 0 Å². The molecule has 0 atom stereocenters. The molecule has 3 rings (SSSR count). The SMILES string of the molecule is CCOc1cc(CN(c2cc(CO)cc(Cl)n2)C2CCNCC2)ccc1Cl. The maximum atomic E-state index is 9.55. The van der Waals surface area contributed by atoms with Crippen molar-refractivity contribution in [2.24, 2.45) is 0 Å². The normalized spacial score (nSPS) is 15.0. The lowest BCUT2D eigenvalue weighted by molar-refractivity contribution is 0.281. The Balaban J connectivity index is 1.93. The number of aromatic nitrogens is 1. The van der Waals surface area contributed by atoms with E-state index >= 15 is 0 Å². The summed E-state index contributed by atoms with van der Waals surface area (Å²) in [4.78, 5) is 6.80. The average Bonchev–Trinajstić information content (AvgIpc) is 2.68. The van der Waals surface area contributed by atoms with Crippen LogP contribution >= 0.6 is 23.2 Å². The number of hydrogen-bond acceptors (Lipinski definition) is 5. The molecular weight excluding hydrogens is 385 g/mol. The van der Waals surface area contributed by atoms with Crippen LogP contribution in [0.15, 0.2) is 30.3 Å². The number of aliphatic hydroxyl groups excluding tert-OH is 1. The van der Waals surface area contributed by atoms with Crippen molar-refractivity contribution in [1.29, 1.82) is 0 Å². The predicted molar refractivity (Wildman–Crippen MR) is 110 cm³/mol. The number of pyridine rings is 1. The van der Waals surface area contributed by atoms with E-state index in [0.717, 1.165) is 42.9 Å². The first-order valence-electron chi connectivity index (χ1n) is 9.26. The van der Waals surface area contributed by atoms with Gasteiger partial charge in [0.25, 0.3) is 0 Å². The Morgan fingerprint density at radius 2 is 1.96 bits per heavy atom.